The van der Waals surface area contributed by atoms with Crippen LogP contribution in [-0.4, -0.2) is 57.1 Å². The Morgan fingerprint density at radius 1 is 1.14 bits per heavy atom. The van der Waals surface area contributed by atoms with E-state index in [1.165, 1.54) is 0 Å². The van der Waals surface area contributed by atoms with Gasteiger partial charge in [0.1, 0.15) is 23.3 Å². The molecule has 1 aromatic heterocycles. The van der Waals surface area contributed by atoms with E-state index in [0.29, 0.717) is 31.7 Å². The number of nitrogens with one attached hydrogen (secondary N) is 2. The number of hydrogen-bond acceptors (Lipinski definition) is 5. The van der Waals surface area contributed by atoms with Crippen LogP contribution in [0.2, 0.25) is 0 Å². The van der Waals surface area contributed by atoms with Crippen molar-refractivity contribution in [2.75, 3.05) is 18.4 Å². The van der Waals surface area contributed by atoms with E-state index in [9.17, 15) is 23.2 Å². The lowest BCUT2D eigenvalue weighted by atomic mass is 10.1. The van der Waals surface area contributed by atoms with Crippen LogP contribution in [-0.2, 0) is 20.7 Å². The third-order valence-electron chi connectivity index (χ3n) is 5.91. The largest absolute Gasteiger partial charge is 0.444 e. The summed E-state index contributed by atoms with van der Waals surface area (Å²) < 4.78 is 34.2. The summed E-state index contributed by atoms with van der Waals surface area (Å²) in [7, 11) is 0. The summed E-state index contributed by atoms with van der Waals surface area (Å²) in [6, 6.07) is 2.20. The molecule has 37 heavy (non-hydrogen) atoms. The molecule has 1 aliphatic heterocycles. The van der Waals surface area contributed by atoms with Crippen molar-refractivity contribution >= 4 is 23.7 Å². The molecule has 0 spiro atoms. The Morgan fingerprint density at radius 3 is 2.38 bits per heavy atom. The minimum Gasteiger partial charge on any atom is -0.444 e. The van der Waals surface area contributed by atoms with Crippen molar-refractivity contribution in [3.63, 3.8) is 0 Å². The fraction of sp³-hybridized carbons (Fsp3) is 0.538. The molecule has 2 aromatic rings. The number of ether oxygens (including phenoxy) is 1. The zero-order valence-electron chi connectivity index (χ0n) is 21.7. The quantitative estimate of drug-likeness (QED) is 0.544. The second-order valence-electron chi connectivity index (χ2n) is 10.3. The van der Waals surface area contributed by atoms with Crippen molar-refractivity contribution in [2.24, 2.45) is 0 Å². The van der Waals surface area contributed by atoms with Gasteiger partial charge in [-0.25, -0.2) is 18.6 Å². The van der Waals surface area contributed by atoms with E-state index in [1.807, 2.05) is 32.3 Å². The van der Waals surface area contributed by atoms with Crippen LogP contribution in [0.15, 0.2) is 30.7 Å². The SMILES string of the molecule is CCCC(NC(=O)Cc1cc(F)cc(F)c1)C(=O)Nc1cn(C2CCN(C(=O)OC(C)(C)C)CC2)cn1. The van der Waals surface area contributed by atoms with Crippen molar-refractivity contribution < 1.29 is 27.9 Å². The molecule has 1 atom stereocenters. The van der Waals surface area contributed by atoms with Crippen molar-refractivity contribution in [3.8, 4) is 0 Å². The number of piperidine rings is 1. The summed E-state index contributed by atoms with van der Waals surface area (Å²) >= 11 is 0. The average Bonchev–Trinajstić information content (AvgIpc) is 3.25. The summed E-state index contributed by atoms with van der Waals surface area (Å²) in [6.45, 7) is 8.49. The number of imidazole rings is 1. The van der Waals surface area contributed by atoms with Gasteiger partial charge < -0.3 is 24.8 Å². The first kappa shape index (κ1) is 28.1. The Kier molecular flexibility index (Phi) is 9.23. The lowest BCUT2D eigenvalue weighted by Crippen LogP contribution is -2.44. The summed E-state index contributed by atoms with van der Waals surface area (Å²) in [4.78, 5) is 43.6. The lowest BCUT2D eigenvalue weighted by molar-refractivity contribution is -0.126. The highest BCUT2D eigenvalue weighted by molar-refractivity contribution is 5.96. The Balaban J connectivity index is 1.53. The number of halogens is 2. The van der Waals surface area contributed by atoms with Gasteiger partial charge in [0.25, 0.3) is 0 Å². The summed E-state index contributed by atoms with van der Waals surface area (Å²) in [6.07, 6.45) is 5.25. The zero-order chi connectivity index (χ0) is 27.2. The molecular formula is C26H35F2N5O4. The van der Waals surface area contributed by atoms with Gasteiger partial charge >= 0.3 is 6.09 Å². The number of anilines is 1. The first-order valence-corrected chi connectivity index (χ1v) is 12.5. The van der Waals surface area contributed by atoms with E-state index in [-0.39, 0.29) is 24.1 Å². The van der Waals surface area contributed by atoms with Gasteiger partial charge in [0.05, 0.1) is 12.7 Å². The van der Waals surface area contributed by atoms with Gasteiger partial charge in [-0.3, -0.25) is 9.59 Å². The second-order valence-corrected chi connectivity index (χ2v) is 10.3. The normalized spacial score (nSPS) is 15.2. The Hall–Kier alpha value is -3.50. The number of nitrogens with zero attached hydrogens (tertiary/aromatic N) is 3. The lowest BCUT2D eigenvalue weighted by Gasteiger charge is -2.33. The van der Waals surface area contributed by atoms with Gasteiger partial charge in [0, 0.05) is 31.4 Å². The molecule has 9 nitrogen and oxygen atoms in total. The Bertz CT molecular complexity index is 1090. The summed E-state index contributed by atoms with van der Waals surface area (Å²) in [5.41, 5.74) is -0.361. The highest BCUT2D eigenvalue weighted by Crippen LogP contribution is 2.25. The monoisotopic (exact) mass is 519 g/mol. The molecule has 0 saturated carbocycles. The van der Waals surface area contributed by atoms with Crippen LogP contribution in [0.5, 0.6) is 0 Å². The topological polar surface area (TPSA) is 106 Å². The molecule has 2 heterocycles. The second kappa shape index (κ2) is 12.2. The maximum atomic E-state index is 13.4. The minimum atomic E-state index is -0.821. The molecule has 1 fully saturated rings. The number of aromatic nitrogens is 2. The number of amides is 3. The Labute approximate surface area is 215 Å². The number of likely N-dealkylation sites (tertiary alicyclic amines) is 1. The fourth-order valence-corrected chi connectivity index (χ4v) is 4.19. The summed E-state index contributed by atoms with van der Waals surface area (Å²) in [5, 5.41) is 5.38. The standard InChI is InChI=1S/C26H35F2N5O4/c1-5-6-21(30-23(34)13-17-11-18(27)14-19(28)12-17)24(35)31-22-15-33(16-29-22)20-7-9-32(10-8-20)25(36)37-26(2,3)4/h11-12,14-16,20-21H,5-10,13H2,1-4H3,(H,30,34)(H,31,35). The maximum Gasteiger partial charge on any atom is 0.410 e. The smallest absolute Gasteiger partial charge is 0.410 e. The van der Waals surface area contributed by atoms with Crippen molar-refractivity contribution in [1.29, 1.82) is 0 Å². The molecule has 1 aromatic carbocycles. The van der Waals surface area contributed by atoms with Crippen molar-refractivity contribution in [3.05, 3.63) is 47.9 Å². The number of carbonyl (C=O) groups excluding carboxylic acids is 3. The van der Waals surface area contributed by atoms with Crippen LogP contribution in [0.4, 0.5) is 19.4 Å². The van der Waals surface area contributed by atoms with Crippen LogP contribution in [0, 0.1) is 11.6 Å². The average molecular weight is 520 g/mol. The van der Waals surface area contributed by atoms with Crippen molar-refractivity contribution in [1.82, 2.24) is 19.8 Å². The van der Waals surface area contributed by atoms with Crippen LogP contribution in [0.3, 0.4) is 0 Å². The third-order valence-corrected chi connectivity index (χ3v) is 5.91. The molecule has 0 radical (unpaired) electrons. The highest BCUT2D eigenvalue weighted by Gasteiger charge is 2.28. The molecule has 0 aliphatic carbocycles. The number of benzene rings is 1. The van der Waals surface area contributed by atoms with E-state index in [2.05, 4.69) is 15.6 Å². The number of carbonyl (C=O) groups is 3. The van der Waals surface area contributed by atoms with Crippen LogP contribution < -0.4 is 10.6 Å². The first-order chi connectivity index (χ1) is 17.4. The van der Waals surface area contributed by atoms with Gasteiger partial charge in [-0.05, 0) is 57.7 Å². The molecule has 1 saturated heterocycles. The van der Waals surface area contributed by atoms with Gasteiger partial charge in [-0.1, -0.05) is 13.3 Å². The van der Waals surface area contributed by atoms with Crippen molar-refractivity contribution in [2.45, 2.75) is 77.5 Å². The van der Waals surface area contributed by atoms with Gasteiger partial charge in [0.15, 0.2) is 5.82 Å². The molecule has 11 heteroatoms. The van der Waals surface area contributed by atoms with E-state index in [4.69, 9.17) is 4.74 Å². The summed E-state index contributed by atoms with van der Waals surface area (Å²) in [5.74, 6) is -2.12. The number of rotatable bonds is 8. The van der Waals surface area contributed by atoms with E-state index >= 15 is 0 Å². The predicted octanol–water partition coefficient (Wildman–Crippen LogP) is 4.20. The minimum absolute atomic E-state index is 0.120. The van der Waals surface area contributed by atoms with Gasteiger partial charge in [-0.15, -0.1) is 0 Å². The van der Waals surface area contributed by atoms with E-state index in [1.54, 1.807) is 17.4 Å². The third kappa shape index (κ3) is 8.54. The van der Waals surface area contributed by atoms with Gasteiger partial charge in [0.2, 0.25) is 11.8 Å². The molecule has 3 amide bonds. The predicted molar refractivity (Wildman–Crippen MR) is 134 cm³/mol. The molecule has 1 aliphatic rings. The maximum absolute atomic E-state index is 13.4. The first-order valence-electron chi connectivity index (χ1n) is 12.5. The Morgan fingerprint density at radius 2 is 1.78 bits per heavy atom. The van der Waals surface area contributed by atoms with Crippen LogP contribution in [0.25, 0.3) is 0 Å². The van der Waals surface area contributed by atoms with Gasteiger partial charge in [-0.2, -0.15) is 0 Å². The van der Waals surface area contributed by atoms with E-state index < -0.39 is 35.1 Å². The molecule has 3 rings (SSSR count). The molecule has 2 N–H and O–H groups in total. The zero-order valence-corrected chi connectivity index (χ0v) is 21.7. The molecule has 202 valence electrons. The number of hydrogen-bond donors (Lipinski definition) is 2. The molecule has 1 unspecified atom stereocenters. The van der Waals surface area contributed by atoms with Crippen LogP contribution in [0.1, 0.15) is 65.0 Å². The van der Waals surface area contributed by atoms with E-state index in [0.717, 1.165) is 31.0 Å². The fourth-order valence-electron chi connectivity index (χ4n) is 4.19. The highest BCUT2D eigenvalue weighted by atomic mass is 19.1. The molecule has 0 bridgehead atoms. The van der Waals surface area contributed by atoms with Crippen LogP contribution >= 0.6 is 0 Å². The molecular weight excluding hydrogens is 484 g/mol.